The Kier molecular flexibility index (Phi) is 7.13. The third-order valence-electron chi connectivity index (χ3n) is 3.87. The van der Waals surface area contributed by atoms with Crippen LogP contribution >= 0.6 is 0 Å². The summed E-state index contributed by atoms with van der Waals surface area (Å²) in [5.41, 5.74) is 0. The zero-order valence-electron chi connectivity index (χ0n) is 12.0. The van der Waals surface area contributed by atoms with Crippen molar-refractivity contribution in [3.8, 4) is 0 Å². The first kappa shape index (κ1) is 15.9. The lowest BCUT2D eigenvalue weighted by atomic mass is 9.86. The average Bonchev–Trinajstić information content (AvgIpc) is 2.27. The molecular formula is C15H29F2N. The van der Waals surface area contributed by atoms with E-state index < -0.39 is 5.92 Å². The molecule has 0 bridgehead atoms. The molecule has 0 atom stereocenters. The van der Waals surface area contributed by atoms with Gasteiger partial charge in [0, 0.05) is 24.9 Å². The van der Waals surface area contributed by atoms with Crippen LogP contribution < -0.4 is 5.32 Å². The quantitative estimate of drug-likeness (QED) is 0.551. The van der Waals surface area contributed by atoms with E-state index in [0.717, 1.165) is 12.8 Å². The fourth-order valence-electron chi connectivity index (χ4n) is 2.70. The molecule has 0 saturated heterocycles. The van der Waals surface area contributed by atoms with Gasteiger partial charge in [-0.2, -0.15) is 0 Å². The van der Waals surface area contributed by atoms with E-state index in [1.165, 1.54) is 38.5 Å². The van der Waals surface area contributed by atoms with Gasteiger partial charge >= 0.3 is 0 Å². The molecule has 0 aliphatic heterocycles. The van der Waals surface area contributed by atoms with Crippen molar-refractivity contribution < 1.29 is 8.78 Å². The monoisotopic (exact) mass is 261 g/mol. The van der Waals surface area contributed by atoms with Gasteiger partial charge in [0.1, 0.15) is 0 Å². The lowest BCUT2D eigenvalue weighted by molar-refractivity contribution is -0.0951. The molecule has 1 fully saturated rings. The molecule has 0 heterocycles. The van der Waals surface area contributed by atoms with E-state index in [0.29, 0.717) is 6.04 Å². The van der Waals surface area contributed by atoms with E-state index in [4.69, 9.17) is 0 Å². The van der Waals surface area contributed by atoms with E-state index in [2.05, 4.69) is 19.2 Å². The minimum absolute atomic E-state index is 0.0467. The van der Waals surface area contributed by atoms with Gasteiger partial charge in [0.25, 0.3) is 5.92 Å². The Balaban J connectivity index is 2.21. The molecule has 1 aliphatic rings. The number of nitrogens with one attached hydrogen (secondary N) is 1. The molecule has 1 nitrogen and oxygen atoms in total. The molecule has 108 valence electrons. The van der Waals surface area contributed by atoms with E-state index in [1.807, 2.05) is 0 Å². The number of unbranched alkanes of at least 4 members (excludes halogenated alkanes) is 4. The highest BCUT2D eigenvalue weighted by molar-refractivity contribution is 4.92. The van der Waals surface area contributed by atoms with E-state index in [9.17, 15) is 8.78 Å². The van der Waals surface area contributed by atoms with Crippen molar-refractivity contribution in [2.75, 3.05) is 0 Å². The van der Waals surface area contributed by atoms with Crippen molar-refractivity contribution >= 4 is 0 Å². The maximum absolute atomic E-state index is 12.8. The number of hydrogen-bond acceptors (Lipinski definition) is 1. The highest BCUT2D eigenvalue weighted by atomic mass is 19.3. The molecule has 0 unspecified atom stereocenters. The Morgan fingerprint density at radius 2 is 1.50 bits per heavy atom. The van der Waals surface area contributed by atoms with E-state index in [-0.39, 0.29) is 18.9 Å². The molecule has 1 N–H and O–H groups in total. The van der Waals surface area contributed by atoms with Crippen LogP contribution in [0.15, 0.2) is 0 Å². The van der Waals surface area contributed by atoms with Gasteiger partial charge < -0.3 is 5.32 Å². The first-order valence-electron chi connectivity index (χ1n) is 7.71. The standard InChI is InChI=1S/C15H29F2N/c1-3-5-7-9-13(10-8-6-4-2)18-14-11-15(16,17)12-14/h13-14,18H,3-12H2,1-2H3. The highest BCUT2D eigenvalue weighted by Crippen LogP contribution is 2.37. The summed E-state index contributed by atoms with van der Waals surface area (Å²) in [4.78, 5) is 0. The Bertz CT molecular complexity index is 201. The summed E-state index contributed by atoms with van der Waals surface area (Å²) in [6, 6.07) is 0.525. The van der Waals surface area contributed by atoms with Crippen LogP contribution in [0, 0.1) is 0 Å². The van der Waals surface area contributed by atoms with Crippen LogP contribution in [0.1, 0.15) is 78.1 Å². The van der Waals surface area contributed by atoms with Crippen LogP contribution in [0.2, 0.25) is 0 Å². The predicted molar refractivity (Wildman–Crippen MR) is 73.2 cm³/mol. The molecule has 1 aliphatic carbocycles. The molecule has 3 heteroatoms. The normalized spacial score (nSPS) is 19.2. The number of hydrogen-bond donors (Lipinski definition) is 1. The molecule has 0 radical (unpaired) electrons. The Hall–Kier alpha value is -0.180. The fourth-order valence-corrected chi connectivity index (χ4v) is 2.70. The van der Waals surface area contributed by atoms with Crippen LogP contribution in [0.25, 0.3) is 0 Å². The summed E-state index contributed by atoms with van der Waals surface area (Å²) in [6.07, 6.45) is 9.81. The zero-order chi connectivity index (χ0) is 13.4. The van der Waals surface area contributed by atoms with Crippen LogP contribution in [0.4, 0.5) is 8.78 Å². The second kappa shape index (κ2) is 8.08. The molecule has 0 aromatic rings. The number of halogens is 2. The molecule has 1 rings (SSSR count). The Morgan fingerprint density at radius 1 is 1.00 bits per heavy atom. The third kappa shape index (κ3) is 6.12. The molecule has 0 aromatic carbocycles. The smallest absolute Gasteiger partial charge is 0.251 e. The number of rotatable bonds is 10. The summed E-state index contributed by atoms with van der Waals surface area (Å²) in [5, 5.41) is 3.45. The maximum atomic E-state index is 12.8. The van der Waals surface area contributed by atoms with Crippen LogP contribution in [0.3, 0.4) is 0 Å². The highest BCUT2D eigenvalue weighted by Gasteiger charge is 2.45. The number of alkyl halides is 2. The second-order valence-electron chi connectivity index (χ2n) is 5.82. The molecule has 18 heavy (non-hydrogen) atoms. The molecule has 0 spiro atoms. The van der Waals surface area contributed by atoms with Gasteiger partial charge in [-0.1, -0.05) is 52.4 Å². The summed E-state index contributed by atoms with van der Waals surface area (Å²) < 4.78 is 25.6. The summed E-state index contributed by atoms with van der Waals surface area (Å²) in [5.74, 6) is -2.39. The fraction of sp³-hybridized carbons (Fsp3) is 1.00. The molecule has 0 aromatic heterocycles. The first-order chi connectivity index (χ1) is 8.57. The minimum atomic E-state index is -2.39. The van der Waals surface area contributed by atoms with Gasteiger partial charge in [-0.05, 0) is 12.8 Å². The van der Waals surface area contributed by atoms with Gasteiger partial charge in [0.05, 0.1) is 0 Å². The summed E-state index contributed by atoms with van der Waals surface area (Å²) >= 11 is 0. The van der Waals surface area contributed by atoms with Gasteiger partial charge in [0.15, 0.2) is 0 Å². The van der Waals surface area contributed by atoms with Gasteiger partial charge in [0.2, 0.25) is 0 Å². The zero-order valence-corrected chi connectivity index (χ0v) is 12.0. The average molecular weight is 261 g/mol. The Morgan fingerprint density at radius 3 is 1.89 bits per heavy atom. The van der Waals surface area contributed by atoms with E-state index >= 15 is 0 Å². The lowest BCUT2D eigenvalue weighted by Crippen LogP contribution is -2.51. The summed E-state index contributed by atoms with van der Waals surface area (Å²) in [7, 11) is 0. The second-order valence-corrected chi connectivity index (χ2v) is 5.82. The van der Waals surface area contributed by atoms with Crippen molar-refractivity contribution in [2.24, 2.45) is 0 Å². The lowest BCUT2D eigenvalue weighted by Gasteiger charge is -2.38. The SMILES string of the molecule is CCCCCC(CCCCC)NC1CC(F)(F)C1. The first-order valence-corrected chi connectivity index (χ1v) is 7.71. The van der Waals surface area contributed by atoms with Gasteiger partial charge in [-0.25, -0.2) is 8.78 Å². The maximum Gasteiger partial charge on any atom is 0.251 e. The van der Waals surface area contributed by atoms with Crippen molar-refractivity contribution in [1.82, 2.24) is 5.32 Å². The summed E-state index contributed by atoms with van der Waals surface area (Å²) in [6.45, 7) is 4.40. The molecule has 1 saturated carbocycles. The van der Waals surface area contributed by atoms with Crippen molar-refractivity contribution in [3.63, 3.8) is 0 Å². The van der Waals surface area contributed by atoms with Crippen LogP contribution in [-0.2, 0) is 0 Å². The topological polar surface area (TPSA) is 12.0 Å². The minimum Gasteiger partial charge on any atom is -0.311 e. The van der Waals surface area contributed by atoms with Crippen molar-refractivity contribution in [3.05, 3.63) is 0 Å². The third-order valence-corrected chi connectivity index (χ3v) is 3.87. The predicted octanol–water partition coefficient (Wildman–Crippen LogP) is 4.90. The molecule has 0 amide bonds. The Labute approximate surface area is 111 Å². The van der Waals surface area contributed by atoms with Gasteiger partial charge in [-0.3, -0.25) is 0 Å². The van der Waals surface area contributed by atoms with Crippen LogP contribution in [-0.4, -0.2) is 18.0 Å². The van der Waals surface area contributed by atoms with Gasteiger partial charge in [-0.15, -0.1) is 0 Å². The largest absolute Gasteiger partial charge is 0.311 e. The van der Waals surface area contributed by atoms with Crippen LogP contribution in [0.5, 0.6) is 0 Å². The molecular weight excluding hydrogens is 232 g/mol. The van der Waals surface area contributed by atoms with Crippen molar-refractivity contribution in [2.45, 2.75) is 96.1 Å². The van der Waals surface area contributed by atoms with E-state index in [1.54, 1.807) is 0 Å². The van der Waals surface area contributed by atoms with Crippen molar-refractivity contribution in [1.29, 1.82) is 0 Å².